The average Bonchev–Trinajstić information content (AvgIpc) is 2.99. The fourth-order valence-corrected chi connectivity index (χ4v) is 3.23. The minimum absolute atomic E-state index is 0.228. The highest BCUT2D eigenvalue weighted by Crippen LogP contribution is 2.24. The van der Waals surface area contributed by atoms with Gasteiger partial charge >= 0.3 is 0 Å². The largest absolute Gasteiger partial charge is 0.378 e. The van der Waals surface area contributed by atoms with Crippen LogP contribution in [0.1, 0.15) is 44.9 Å². The van der Waals surface area contributed by atoms with Gasteiger partial charge in [0.1, 0.15) is 0 Å². The van der Waals surface area contributed by atoms with Crippen LogP contribution in [0.2, 0.25) is 0 Å². The van der Waals surface area contributed by atoms with Gasteiger partial charge in [-0.2, -0.15) is 0 Å². The third-order valence-corrected chi connectivity index (χ3v) is 4.37. The SMILES string of the molecule is C=CCN(C(=O)CCOC1CCNCC1)C1CCCC1. The molecule has 1 amide bonds. The van der Waals surface area contributed by atoms with E-state index < -0.39 is 0 Å². The molecular formula is C16H28N2O2. The molecule has 0 aromatic heterocycles. The van der Waals surface area contributed by atoms with Crippen molar-refractivity contribution in [1.29, 1.82) is 0 Å². The van der Waals surface area contributed by atoms with Gasteiger partial charge in [-0.05, 0) is 38.8 Å². The van der Waals surface area contributed by atoms with Crippen LogP contribution in [0.25, 0.3) is 0 Å². The van der Waals surface area contributed by atoms with Crippen molar-refractivity contribution in [2.45, 2.75) is 57.1 Å². The standard InChI is InChI=1S/C16H28N2O2/c1-2-12-18(14-5-3-4-6-14)16(19)9-13-20-15-7-10-17-11-8-15/h2,14-15,17H,1,3-13H2. The maximum absolute atomic E-state index is 12.3. The van der Waals surface area contributed by atoms with Gasteiger partial charge in [0.25, 0.3) is 0 Å². The van der Waals surface area contributed by atoms with E-state index in [0.717, 1.165) is 38.8 Å². The van der Waals surface area contributed by atoms with E-state index in [4.69, 9.17) is 4.74 Å². The molecule has 1 N–H and O–H groups in total. The van der Waals surface area contributed by atoms with Crippen molar-refractivity contribution in [1.82, 2.24) is 10.2 Å². The summed E-state index contributed by atoms with van der Waals surface area (Å²) in [7, 11) is 0. The highest BCUT2D eigenvalue weighted by Gasteiger charge is 2.25. The smallest absolute Gasteiger partial charge is 0.225 e. The molecule has 0 unspecified atom stereocenters. The number of ether oxygens (including phenoxy) is 1. The van der Waals surface area contributed by atoms with E-state index in [1.54, 1.807) is 0 Å². The van der Waals surface area contributed by atoms with Crippen molar-refractivity contribution in [3.8, 4) is 0 Å². The molecular weight excluding hydrogens is 252 g/mol. The topological polar surface area (TPSA) is 41.6 Å². The maximum atomic E-state index is 12.3. The maximum Gasteiger partial charge on any atom is 0.225 e. The molecule has 0 bridgehead atoms. The molecule has 1 aliphatic heterocycles. The van der Waals surface area contributed by atoms with Crippen molar-refractivity contribution >= 4 is 5.91 Å². The van der Waals surface area contributed by atoms with Crippen LogP contribution in [0.3, 0.4) is 0 Å². The van der Waals surface area contributed by atoms with E-state index >= 15 is 0 Å². The van der Waals surface area contributed by atoms with E-state index in [2.05, 4.69) is 11.9 Å². The number of nitrogens with one attached hydrogen (secondary N) is 1. The Morgan fingerprint density at radius 2 is 1.95 bits per heavy atom. The molecule has 0 atom stereocenters. The predicted octanol–water partition coefficient (Wildman–Crippen LogP) is 2.10. The normalized spacial score (nSPS) is 21.0. The van der Waals surface area contributed by atoms with E-state index in [1.165, 1.54) is 12.8 Å². The molecule has 4 heteroatoms. The van der Waals surface area contributed by atoms with Gasteiger partial charge in [-0.15, -0.1) is 6.58 Å². The lowest BCUT2D eigenvalue weighted by Gasteiger charge is -2.28. The molecule has 0 aromatic rings. The lowest BCUT2D eigenvalue weighted by molar-refractivity contribution is -0.134. The van der Waals surface area contributed by atoms with Crippen LogP contribution in [0.4, 0.5) is 0 Å². The van der Waals surface area contributed by atoms with Crippen molar-refractivity contribution in [2.24, 2.45) is 0 Å². The van der Waals surface area contributed by atoms with Crippen LogP contribution in [0, 0.1) is 0 Å². The zero-order chi connectivity index (χ0) is 14.2. The molecule has 2 fully saturated rings. The summed E-state index contributed by atoms with van der Waals surface area (Å²) in [6.45, 7) is 7.07. The summed E-state index contributed by atoms with van der Waals surface area (Å²) in [5.41, 5.74) is 0. The number of hydrogen-bond donors (Lipinski definition) is 1. The number of amides is 1. The van der Waals surface area contributed by atoms with Crippen molar-refractivity contribution in [3.05, 3.63) is 12.7 Å². The lowest BCUT2D eigenvalue weighted by atomic mass is 10.1. The Balaban J connectivity index is 1.71. The number of piperidine rings is 1. The van der Waals surface area contributed by atoms with Gasteiger partial charge in [0, 0.05) is 12.6 Å². The number of carbonyl (C=O) groups is 1. The fourth-order valence-electron chi connectivity index (χ4n) is 3.23. The summed E-state index contributed by atoms with van der Waals surface area (Å²) >= 11 is 0. The molecule has 1 saturated carbocycles. The molecule has 1 aliphatic carbocycles. The van der Waals surface area contributed by atoms with Gasteiger partial charge in [-0.3, -0.25) is 4.79 Å². The van der Waals surface area contributed by atoms with Crippen LogP contribution in [0.5, 0.6) is 0 Å². The number of hydrogen-bond acceptors (Lipinski definition) is 3. The van der Waals surface area contributed by atoms with E-state index in [0.29, 0.717) is 31.7 Å². The van der Waals surface area contributed by atoms with Gasteiger partial charge in [-0.25, -0.2) is 0 Å². The predicted molar refractivity (Wildman–Crippen MR) is 80.6 cm³/mol. The molecule has 0 radical (unpaired) electrons. The van der Waals surface area contributed by atoms with Crippen molar-refractivity contribution < 1.29 is 9.53 Å². The van der Waals surface area contributed by atoms with Gasteiger partial charge in [0.2, 0.25) is 5.91 Å². The molecule has 114 valence electrons. The zero-order valence-electron chi connectivity index (χ0n) is 12.5. The van der Waals surface area contributed by atoms with E-state index in [1.807, 2.05) is 11.0 Å². The van der Waals surface area contributed by atoms with Crippen LogP contribution < -0.4 is 5.32 Å². The monoisotopic (exact) mass is 280 g/mol. The van der Waals surface area contributed by atoms with E-state index in [9.17, 15) is 4.79 Å². The first kappa shape index (κ1) is 15.5. The minimum Gasteiger partial charge on any atom is -0.378 e. The Morgan fingerprint density at radius 1 is 1.25 bits per heavy atom. The van der Waals surface area contributed by atoms with Gasteiger partial charge in [-0.1, -0.05) is 18.9 Å². The Morgan fingerprint density at radius 3 is 2.60 bits per heavy atom. The number of nitrogens with zero attached hydrogens (tertiary/aromatic N) is 1. The van der Waals surface area contributed by atoms with E-state index in [-0.39, 0.29) is 5.91 Å². The molecule has 1 saturated heterocycles. The first-order chi connectivity index (χ1) is 9.81. The summed E-state index contributed by atoms with van der Waals surface area (Å²) in [5.74, 6) is 0.228. The molecule has 2 rings (SSSR count). The number of rotatable bonds is 7. The first-order valence-corrected chi connectivity index (χ1v) is 8.04. The lowest BCUT2D eigenvalue weighted by Crippen LogP contribution is -2.39. The second-order valence-electron chi connectivity index (χ2n) is 5.84. The molecule has 0 aromatic carbocycles. The summed E-state index contributed by atoms with van der Waals surface area (Å²) in [6, 6.07) is 0.430. The Bertz CT molecular complexity index is 308. The Hall–Kier alpha value is -0.870. The summed E-state index contributed by atoms with van der Waals surface area (Å²) in [4.78, 5) is 14.4. The van der Waals surface area contributed by atoms with Crippen LogP contribution in [-0.2, 0) is 9.53 Å². The average molecular weight is 280 g/mol. The van der Waals surface area contributed by atoms with Crippen LogP contribution in [-0.4, -0.2) is 49.2 Å². The first-order valence-electron chi connectivity index (χ1n) is 8.04. The van der Waals surface area contributed by atoms with Crippen LogP contribution >= 0.6 is 0 Å². The molecule has 20 heavy (non-hydrogen) atoms. The fraction of sp³-hybridized carbons (Fsp3) is 0.812. The molecule has 0 spiro atoms. The second-order valence-corrected chi connectivity index (χ2v) is 5.84. The molecule has 4 nitrogen and oxygen atoms in total. The molecule has 2 aliphatic rings. The van der Waals surface area contributed by atoms with Gasteiger partial charge in [0.05, 0.1) is 19.1 Å². The second kappa shape index (κ2) is 8.42. The van der Waals surface area contributed by atoms with Crippen LogP contribution in [0.15, 0.2) is 12.7 Å². The Kier molecular flexibility index (Phi) is 6.54. The highest BCUT2D eigenvalue weighted by atomic mass is 16.5. The summed E-state index contributed by atoms with van der Waals surface area (Å²) < 4.78 is 5.83. The number of carbonyl (C=O) groups excluding carboxylic acids is 1. The quantitative estimate of drug-likeness (QED) is 0.726. The third kappa shape index (κ3) is 4.60. The minimum atomic E-state index is 0.228. The summed E-state index contributed by atoms with van der Waals surface area (Å²) in [5, 5.41) is 3.32. The van der Waals surface area contributed by atoms with Crippen molar-refractivity contribution in [3.63, 3.8) is 0 Å². The zero-order valence-corrected chi connectivity index (χ0v) is 12.5. The third-order valence-electron chi connectivity index (χ3n) is 4.37. The highest BCUT2D eigenvalue weighted by molar-refractivity contribution is 5.76. The summed E-state index contributed by atoms with van der Waals surface area (Å²) in [6.07, 6.45) is 9.60. The van der Waals surface area contributed by atoms with Crippen molar-refractivity contribution in [2.75, 3.05) is 26.2 Å². The Labute approximate surface area is 122 Å². The van der Waals surface area contributed by atoms with Gasteiger partial charge in [0.15, 0.2) is 0 Å². The molecule has 1 heterocycles. The van der Waals surface area contributed by atoms with Gasteiger partial charge < -0.3 is 15.0 Å².